The van der Waals surface area contributed by atoms with Crippen molar-refractivity contribution in [3.8, 4) is 10.8 Å². The van der Waals surface area contributed by atoms with Crippen molar-refractivity contribution in [2.24, 2.45) is 11.7 Å². The summed E-state index contributed by atoms with van der Waals surface area (Å²) < 4.78 is 6.73. The van der Waals surface area contributed by atoms with Crippen LogP contribution in [0.5, 0.6) is 0 Å². The highest BCUT2D eigenvalue weighted by Crippen LogP contribution is 2.31. The van der Waals surface area contributed by atoms with Crippen LogP contribution in [-0.2, 0) is 0 Å². The summed E-state index contributed by atoms with van der Waals surface area (Å²) in [5.74, 6) is 0.909. The molecule has 1 unspecified atom stereocenters. The minimum Gasteiger partial charge on any atom is -0.448 e. The van der Waals surface area contributed by atoms with E-state index in [9.17, 15) is 4.79 Å². The second-order valence-corrected chi connectivity index (χ2v) is 6.23. The van der Waals surface area contributed by atoms with Gasteiger partial charge in [0.25, 0.3) is 5.91 Å². The molecule has 0 saturated heterocycles. The smallest absolute Gasteiger partial charge is 0.287 e. The Bertz CT molecular complexity index is 760. The number of fused-ring (bicyclic) bond motifs is 1. The molecule has 0 aliphatic rings. The lowest BCUT2D eigenvalue weighted by molar-refractivity contribution is 0.0921. The molecule has 3 aromatic rings. The number of rotatable bonds is 5. The van der Waals surface area contributed by atoms with Gasteiger partial charge in [0.05, 0.1) is 10.2 Å². The summed E-state index contributed by atoms with van der Waals surface area (Å²) in [6, 6.07) is 11.3. The van der Waals surface area contributed by atoms with Crippen molar-refractivity contribution < 1.29 is 9.21 Å². The quantitative estimate of drug-likeness (QED) is 0.758. The number of nitrogens with zero attached hydrogens (tertiary/aromatic N) is 1. The SMILES string of the molecule is CC(CN)CNC(=O)c1ccc(-c2nc3ccccc3s2)o1. The van der Waals surface area contributed by atoms with Crippen molar-refractivity contribution in [3.05, 3.63) is 42.2 Å². The van der Waals surface area contributed by atoms with Gasteiger partial charge in [-0.15, -0.1) is 11.3 Å². The summed E-state index contributed by atoms with van der Waals surface area (Å²) in [6.07, 6.45) is 0. The van der Waals surface area contributed by atoms with Crippen molar-refractivity contribution in [2.75, 3.05) is 13.1 Å². The number of amides is 1. The van der Waals surface area contributed by atoms with Gasteiger partial charge in [-0.3, -0.25) is 4.79 Å². The lowest BCUT2D eigenvalue weighted by atomic mass is 10.2. The fraction of sp³-hybridized carbons (Fsp3) is 0.250. The Balaban J connectivity index is 1.77. The molecule has 3 rings (SSSR count). The molecule has 1 aromatic carbocycles. The van der Waals surface area contributed by atoms with Crippen molar-refractivity contribution in [1.29, 1.82) is 0 Å². The fourth-order valence-corrected chi connectivity index (χ4v) is 2.92. The molecular formula is C16H17N3O2S. The maximum absolute atomic E-state index is 12.0. The number of thiazole rings is 1. The van der Waals surface area contributed by atoms with Gasteiger partial charge < -0.3 is 15.5 Å². The average Bonchev–Trinajstić information content (AvgIpc) is 3.18. The Kier molecular flexibility index (Phi) is 4.22. The monoisotopic (exact) mass is 315 g/mol. The third-order valence-corrected chi connectivity index (χ3v) is 4.40. The van der Waals surface area contributed by atoms with Crippen LogP contribution < -0.4 is 11.1 Å². The first kappa shape index (κ1) is 14.7. The highest BCUT2D eigenvalue weighted by Gasteiger charge is 2.15. The summed E-state index contributed by atoms with van der Waals surface area (Å²) in [6.45, 7) is 3.05. The number of furan rings is 1. The zero-order valence-corrected chi connectivity index (χ0v) is 13.0. The average molecular weight is 315 g/mol. The molecule has 1 amide bonds. The second kappa shape index (κ2) is 6.29. The Morgan fingerprint density at radius 3 is 2.95 bits per heavy atom. The number of carbonyl (C=O) groups excluding carboxylic acids is 1. The van der Waals surface area contributed by atoms with E-state index in [1.54, 1.807) is 23.5 Å². The summed E-state index contributed by atoms with van der Waals surface area (Å²) >= 11 is 1.54. The number of nitrogens with one attached hydrogen (secondary N) is 1. The lowest BCUT2D eigenvalue weighted by Gasteiger charge is -2.08. The largest absolute Gasteiger partial charge is 0.448 e. The minimum atomic E-state index is -0.229. The van der Waals surface area contributed by atoms with E-state index in [0.29, 0.717) is 24.6 Å². The van der Waals surface area contributed by atoms with Crippen molar-refractivity contribution >= 4 is 27.5 Å². The first-order valence-electron chi connectivity index (χ1n) is 7.11. The van der Waals surface area contributed by atoms with Gasteiger partial charge >= 0.3 is 0 Å². The second-order valence-electron chi connectivity index (χ2n) is 5.20. The highest BCUT2D eigenvalue weighted by atomic mass is 32.1. The molecule has 0 saturated carbocycles. The summed E-state index contributed by atoms with van der Waals surface area (Å²) in [5.41, 5.74) is 6.46. The third-order valence-electron chi connectivity index (χ3n) is 3.35. The van der Waals surface area contributed by atoms with E-state index < -0.39 is 0 Å². The predicted octanol–water partition coefficient (Wildman–Crippen LogP) is 2.88. The van der Waals surface area contributed by atoms with Gasteiger partial charge in [0.2, 0.25) is 0 Å². The van der Waals surface area contributed by atoms with Crippen molar-refractivity contribution in [1.82, 2.24) is 10.3 Å². The maximum Gasteiger partial charge on any atom is 0.287 e. The van der Waals surface area contributed by atoms with Crippen LogP contribution in [0.15, 0.2) is 40.8 Å². The topological polar surface area (TPSA) is 81.1 Å². The Morgan fingerprint density at radius 1 is 1.36 bits per heavy atom. The van der Waals surface area contributed by atoms with Gasteiger partial charge in [-0.1, -0.05) is 19.1 Å². The van der Waals surface area contributed by atoms with Gasteiger partial charge in [-0.25, -0.2) is 4.98 Å². The molecule has 0 bridgehead atoms. The number of nitrogens with two attached hydrogens (primary N) is 1. The molecule has 0 aliphatic carbocycles. The molecule has 5 nitrogen and oxygen atoms in total. The van der Waals surface area contributed by atoms with Crippen LogP contribution in [0, 0.1) is 5.92 Å². The fourth-order valence-electron chi connectivity index (χ4n) is 1.99. The minimum absolute atomic E-state index is 0.229. The molecule has 2 aromatic heterocycles. The van der Waals surface area contributed by atoms with E-state index in [2.05, 4.69) is 10.3 Å². The summed E-state index contributed by atoms with van der Waals surface area (Å²) in [5, 5.41) is 3.59. The standard InChI is InChI=1S/C16H17N3O2S/c1-10(8-17)9-18-15(20)12-6-7-13(21-12)16-19-11-4-2-3-5-14(11)22-16/h2-7,10H,8-9,17H2,1H3,(H,18,20). The molecule has 114 valence electrons. The number of hydrogen-bond acceptors (Lipinski definition) is 5. The van der Waals surface area contributed by atoms with E-state index in [1.807, 2.05) is 31.2 Å². The molecule has 0 radical (unpaired) electrons. The zero-order valence-electron chi connectivity index (χ0n) is 12.2. The van der Waals surface area contributed by atoms with Gasteiger partial charge in [0.15, 0.2) is 16.5 Å². The Labute approximate surface area is 132 Å². The van der Waals surface area contributed by atoms with Gasteiger partial charge in [0, 0.05) is 6.54 Å². The maximum atomic E-state index is 12.0. The number of para-hydroxylation sites is 1. The van der Waals surface area contributed by atoms with Gasteiger partial charge in [-0.05, 0) is 36.7 Å². The third kappa shape index (κ3) is 3.03. The number of aromatic nitrogens is 1. The molecule has 6 heteroatoms. The zero-order chi connectivity index (χ0) is 15.5. The first-order chi connectivity index (χ1) is 10.7. The molecule has 0 spiro atoms. The van der Waals surface area contributed by atoms with Crippen molar-refractivity contribution in [2.45, 2.75) is 6.92 Å². The number of hydrogen-bond donors (Lipinski definition) is 2. The Morgan fingerprint density at radius 2 is 2.18 bits per heavy atom. The van der Waals surface area contributed by atoms with Crippen LogP contribution in [0.1, 0.15) is 17.5 Å². The van der Waals surface area contributed by atoms with E-state index >= 15 is 0 Å². The summed E-state index contributed by atoms with van der Waals surface area (Å²) in [4.78, 5) is 16.5. The van der Waals surface area contributed by atoms with Crippen LogP contribution in [0.25, 0.3) is 21.0 Å². The first-order valence-corrected chi connectivity index (χ1v) is 7.93. The van der Waals surface area contributed by atoms with Crippen LogP contribution in [0.2, 0.25) is 0 Å². The van der Waals surface area contributed by atoms with E-state index in [1.165, 1.54) is 0 Å². The van der Waals surface area contributed by atoms with Crippen molar-refractivity contribution in [3.63, 3.8) is 0 Å². The normalized spacial score (nSPS) is 12.5. The molecule has 1 atom stereocenters. The van der Waals surface area contributed by atoms with E-state index in [0.717, 1.165) is 15.2 Å². The van der Waals surface area contributed by atoms with Crippen LogP contribution >= 0.6 is 11.3 Å². The predicted molar refractivity (Wildman–Crippen MR) is 87.9 cm³/mol. The molecular weight excluding hydrogens is 298 g/mol. The molecule has 22 heavy (non-hydrogen) atoms. The van der Waals surface area contributed by atoms with Crippen LogP contribution in [-0.4, -0.2) is 24.0 Å². The van der Waals surface area contributed by atoms with Gasteiger partial charge in [0.1, 0.15) is 0 Å². The molecule has 3 N–H and O–H groups in total. The van der Waals surface area contributed by atoms with E-state index in [4.69, 9.17) is 10.2 Å². The van der Waals surface area contributed by atoms with E-state index in [-0.39, 0.29) is 11.8 Å². The van der Waals surface area contributed by atoms with Crippen LogP contribution in [0.4, 0.5) is 0 Å². The Hall–Kier alpha value is -2.18. The number of benzene rings is 1. The molecule has 0 fully saturated rings. The lowest BCUT2D eigenvalue weighted by Crippen LogP contribution is -2.30. The molecule has 2 heterocycles. The highest BCUT2D eigenvalue weighted by molar-refractivity contribution is 7.21. The number of carbonyl (C=O) groups is 1. The molecule has 0 aliphatic heterocycles. The van der Waals surface area contributed by atoms with Crippen LogP contribution in [0.3, 0.4) is 0 Å². The van der Waals surface area contributed by atoms with Gasteiger partial charge in [-0.2, -0.15) is 0 Å². The summed E-state index contributed by atoms with van der Waals surface area (Å²) in [7, 11) is 0.